The van der Waals surface area contributed by atoms with E-state index in [1.54, 1.807) is 19.2 Å². The summed E-state index contributed by atoms with van der Waals surface area (Å²) < 4.78 is 15.2. The highest BCUT2D eigenvalue weighted by atomic mass is 16.5. The molecule has 2 N–H and O–H groups in total. The van der Waals surface area contributed by atoms with Gasteiger partial charge in [0, 0.05) is 20.3 Å². The summed E-state index contributed by atoms with van der Waals surface area (Å²) >= 11 is 0. The van der Waals surface area contributed by atoms with Crippen LogP contribution >= 0.6 is 0 Å². The van der Waals surface area contributed by atoms with Gasteiger partial charge in [0.15, 0.2) is 11.5 Å². The summed E-state index contributed by atoms with van der Waals surface area (Å²) in [6.07, 6.45) is 0.961. The smallest absolute Gasteiger partial charge is 0.200 e. The molecule has 0 bridgehead atoms. The van der Waals surface area contributed by atoms with Crippen LogP contribution in [0.25, 0.3) is 0 Å². The maximum atomic E-state index is 9.77. The van der Waals surface area contributed by atoms with Gasteiger partial charge in [-0.15, -0.1) is 0 Å². The van der Waals surface area contributed by atoms with Gasteiger partial charge in [-0.3, -0.25) is 0 Å². The zero-order chi connectivity index (χ0) is 13.4. The van der Waals surface area contributed by atoms with Gasteiger partial charge < -0.3 is 24.6 Å². The monoisotopic (exact) mass is 255 g/mol. The van der Waals surface area contributed by atoms with Gasteiger partial charge >= 0.3 is 0 Å². The van der Waals surface area contributed by atoms with E-state index in [9.17, 15) is 5.11 Å². The molecule has 0 fully saturated rings. The van der Waals surface area contributed by atoms with Gasteiger partial charge in [0.2, 0.25) is 5.75 Å². The molecule has 102 valence electrons. The highest BCUT2D eigenvalue weighted by Crippen LogP contribution is 2.36. The van der Waals surface area contributed by atoms with Crippen LogP contribution in [0.5, 0.6) is 17.2 Å². The second-order valence-electron chi connectivity index (χ2n) is 3.87. The first kappa shape index (κ1) is 14.6. The van der Waals surface area contributed by atoms with Crippen LogP contribution in [-0.4, -0.2) is 39.6 Å². The Labute approximate surface area is 108 Å². The number of ether oxygens (including phenoxy) is 3. The quantitative estimate of drug-likeness (QED) is 0.690. The van der Waals surface area contributed by atoms with Gasteiger partial charge in [-0.1, -0.05) is 0 Å². The average molecular weight is 255 g/mol. The molecule has 0 saturated heterocycles. The number of aromatic hydroxyl groups is 1. The molecule has 0 aliphatic heterocycles. The Hall–Kier alpha value is -1.46. The van der Waals surface area contributed by atoms with Crippen molar-refractivity contribution in [3.63, 3.8) is 0 Å². The number of hydrogen-bond donors (Lipinski definition) is 2. The van der Waals surface area contributed by atoms with Gasteiger partial charge in [0.25, 0.3) is 0 Å². The first-order valence-corrected chi connectivity index (χ1v) is 5.86. The summed E-state index contributed by atoms with van der Waals surface area (Å²) in [4.78, 5) is 0. The molecule has 0 spiro atoms. The van der Waals surface area contributed by atoms with Crippen molar-refractivity contribution in [3.05, 3.63) is 17.7 Å². The Balaban J connectivity index is 2.60. The Morgan fingerprint density at radius 1 is 1.11 bits per heavy atom. The number of phenols is 1. The normalized spacial score (nSPS) is 10.4. The third kappa shape index (κ3) is 4.09. The lowest BCUT2D eigenvalue weighted by atomic mass is 10.2. The molecule has 0 aliphatic rings. The first-order chi connectivity index (χ1) is 8.72. The molecule has 0 aliphatic carbocycles. The molecule has 5 nitrogen and oxygen atoms in total. The lowest BCUT2D eigenvalue weighted by Gasteiger charge is -2.11. The number of nitrogens with one attached hydrogen (secondary N) is 1. The van der Waals surface area contributed by atoms with Crippen molar-refractivity contribution in [3.8, 4) is 17.2 Å². The van der Waals surface area contributed by atoms with Gasteiger partial charge in [-0.2, -0.15) is 0 Å². The molecule has 0 radical (unpaired) electrons. The van der Waals surface area contributed by atoms with Crippen molar-refractivity contribution in [2.24, 2.45) is 0 Å². The van der Waals surface area contributed by atoms with Crippen molar-refractivity contribution >= 4 is 0 Å². The van der Waals surface area contributed by atoms with Gasteiger partial charge in [0.1, 0.15) is 0 Å². The minimum absolute atomic E-state index is 0.0307. The van der Waals surface area contributed by atoms with Gasteiger partial charge in [0.05, 0.1) is 14.2 Å². The van der Waals surface area contributed by atoms with Crippen LogP contribution in [-0.2, 0) is 11.3 Å². The van der Waals surface area contributed by atoms with E-state index in [1.807, 2.05) is 0 Å². The third-order valence-electron chi connectivity index (χ3n) is 2.57. The summed E-state index contributed by atoms with van der Waals surface area (Å²) in [7, 11) is 4.73. The van der Waals surface area contributed by atoms with E-state index in [0.717, 1.165) is 25.1 Å². The van der Waals surface area contributed by atoms with Crippen LogP contribution in [0.2, 0.25) is 0 Å². The predicted molar refractivity (Wildman–Crippen MR) is 69.4 cm³/mol. The highest BCUT2D eigenvalue weighted by Gasteiger charge is 2.10. The SMILES string of the molecule is COCCCNCc1cc(OC)c(O)c(OC)c1. The van der Waals surface area contributed by atoms with Crippen LogP contribution in [0.15, 0.2) is 12.1 Å². The number of methoxy groups -OCH3 is 3. The molecule has 0 atom stereocenters. The maximum Gasteiger partial charge on any atom is 0.200 e. The minimum atomic E-state index is 0.0307. The molecule has 18 heavy (non-hydrogen) atoms. The number of benzene rings is 1. The van der Waals surface area contributed by atoms with Crippen LogP contribution in [0.3, 0.4) is 0 Å². The molecule has 1 aromatic rings. The van der Waals surface area contributed by atoms with Gasteiger partial charge in [-0.05, 0) is 30.7 Å². The molecule has 1 rings (SSSR count). The first-order valence-electron chi connectivity index (χ1n) is 5.86. The van der Waals surface area contributed by atoms with Gasteiger partial charge in [-0.25, -0.2) is 0 Å². The molecular weight excluding hydrogens is 234 g/mol. The van der Waals surface area contributed by atoms with Crippen LogP contribution in [0.1, 0.15) is 12.0 Å². The third-order valence-corrected chi connectivity index (χ3v) is 2.57. The number of hydrogen-bond acceptors (Lipinski definition) is 5. The lowest BCUT2D eigenvalue weighted by molar-refractivity contribution is 0.194. The van der Waals surface area contributed by atoms with E-state index < -0.39 is 0 Å². The molecule has 0 aromatic heterocycles. The minimum Gasteiger partial charge on any atom is -0.502 e. The van der Waals surface area contributed by atoms with E-state index in [2.05, 4.69) is 5.32 Å². The zero-order valence-corrected chi connectivity index (χ0v) is 11.2. The average Bonchev–Trinajstić information content (AvgIpc) is 2.40. The molecule has 5 heteroatoms. The summed E-state index contributed by atoms with van der Waals surface area (Å²) in [5.74, 6) is 0.870. The molecule has 0 heterocycles. The van der Waals surface area contributed by atoms with Crippen molar-refractivity contribution in [1.82, 2.24) is 5.32 Å². The predicted octanol–water partition coefficient (Wildman–Crippen LogP) is 1.54. The van der Waals surface area contributed by atoms with Crippen LogP contribution in [0, 0.1) is 0 Å². The van der Waals surface area contributed by atoms with Crippen LogP contribution < -0.4 is 14.8 Å². The van der Waals surface area contributed by atoms with Crippen molar-refractivity contribution < 1.29 is 19.3 Å². The molecule has 1 aromatic carbocycles. The van der Waals surface area contributed by atoms with E-state index in [-0.39, 0.29) is 5.75 Å². The van der Waals surface area contributed by atoms with E-state index in [4.69, 9.17) is 14.2 Å². The fourth-order valence-electron chi connectivity index (χ4n) is 1.62. The second-order valence-corrected chi connectivity index (χ2v) is 3.87. The summed E-state index contributed by atoms with van der Waals surface area (Å²) in [5, 5.41) is 13.1. The summed E-state index contributed by atoms with van der Waals surface area (Å²) in [6.45, 7) is 2.31. The largest absolute Gasteiger partial charge is 0.502 e. The Morgan fingerprint density at radius 3 is 2.22 bits per heavy atom. The second kappa shape index (κ2) is 7.79. The standard InChI is InChI=1S/C13H21NO4/c1-16-6-4-5-14-9-10-7-11(17-2)13(15)12(8-10)18-3/h7-8,14-15H,4-6,9H2,1-3H3. The molecule has 0 saturated carbocycles. The van der Waals surface area contributed by atoms with Crippen molar-refractivity contribution in [2.45, 2.75) is 13.0 Å². The Morgan fingerprint density at radius 2 is 1.72 bits per heavy atom. The fraction of sp³-hybridized carbons (Fsp3) is 0.538. The summed E-state index contributed by atoms with van der Waals surface area (Å²) in [5.41, 5.74) is 0.999. The lowest BCUT2D eigenvalue weighted by Crippen LogP contribution is -2.16. The van der Waals surface area contributed by atoms with E-state index >= 15 is 0 Å². The van der Waals surface area contributed by atoms with Crippen molar-refractivity contribution in [2.75, 3.05) is 34.5 Å². The zero-order valence-electron chi connectivity index (χ0n) is 11.2. The summed E-state index contributed by atoms with van der Waals surface area (Å²) in [6, 6.07) is 3.59. The van der Waals surface area contributed by atoms with E-state index in [1.165, 1.54) is 14.2 Å². The van der Waals surface area contributed by atoms with Crippen LogP contribution in [0.4, 0.5) is 0 Å². The Bertz CT molecular complexity index is 343. The topological polar surface area (TPSA) is 60.0 Å². The number of rotatable bonds is 8. The Kier molecular flexibility index (Phi) is 6.32. The van der Waals surface area contributed by atoms with Crippen molar-refractivity contribution in [1.29, 1.82) is 0 Å². The molecular formula is C13H21NO4. The maximum absolute atomic E-state index is 9.77. The van der Waals surface area contributed by atoms with E-state index in [0.29, 0.717) is 18.0 Å². The fourth-order valence-corrected chi connectivity index (χ4v) is 1.62. The highest BCUT2D eigenvalue weighted by molar-refractivity contribution is 5.52. The number of phenolic OH excluding ortho intramolecular Hbond substituents is 1. The molecule has 0 unspecified atom stereocenters. The molecule has 0 amide bonds.